The number of hydrogen-bond acceptors (Lipinski definition) is 3. The van der Waals surface area contributed by atoms with Gasteiger partial charge in [0.2, 0.25) is 5.91 Å². The van der Waals surface area contributed by atoms with E-state index in [1.54, 1.807) is 11.8 Å². The van der Waals surface area contributed by atoms with Crippen LogP contribution in [0.25, 0.3) is 0 Å². The summed E-state index contributed by atoms with van der Waals surface area (Å²) in [7, 11) is 0. The van der Waals surface area contributed by atoms with Gasteiger partial charge in [0.05, 0.1) is 5.75 Å². The number of nitrogens with two attached hydrogens (primary N) is 1. The van der Waals surface area contributed by atoms with Gasteiger partial charge in [-0.1, -0.05) is 18.2 Å². The zero-order chi connectivity index (χ0) is 13.7. The molecule has 2 rings (SSSR count). The van der Waals surface area contributed by atoms with Crippen molar-refractivity contribution in [1.82, 2.24) is 4.90 Å². The van der Waals surface area contributed by atoms with Gasteiger partial charge in [-0.3, -0.25) is 4.79 Å². The van der Waals surface area contributed by atoms with Crippen molar-refractivity contribution < 1.29 is 4.79 Å². The topological polar surface area (TPSA) is 46.3 Å². The molecule has 0 aliphatic carbocycles. The molecule has 1 saturated heterocycles. The normalized spacial score (nSPS) is 17.4. The van der Waals surface area contributed by atoms with Gasteiger partial charge in [-0.2, -0.15) is 0 Å². The SMILES string of the molecule is CC(N)C1CCN(C(=O)CSc2ccccc2)CC1.Cl. The Bertz CT molecular complexity index is 406. The molecule has 1 aliphatic rings. The van der Waals surface area contributed by atoms with Crippen LogP contribution in [0.3, 0.4) is 0 Å². The van der Waals surface area contributed by atoms with Gasteiger partial charge in [-0.05, 0) is 37.8 Å². The number of nitrogens with zero attached hydrogens (tertiary/aromatic N) is 1. The summed E-state index contributed by atoms with van der Waals surface area (Å²) in [5.74, 6) is 1.36. The van der Waals surface area contributed by atoms with Crippen molar-refractivity contribution >= 4 is 30.1 Å². The van der Waals surface area contributed by atoms with E-state index in [1.807, 2.05) is 35.2 Å². The van der Waals surface area contributed by atoms with E-state index in [9.17, 15) is 4.79 Å². The van der Waals surface area contributed by atoms with Crippen LogP contribution in [0.1, 0.15) is 19.8 Å². The molecule has 0 bridgehead atoms. The summed E-state index contributed by atoms with van der Waals surface area (Å²) in [6.07, 6.45) is 2.08. The van der Waals surface area contributed by atoms with E-state index in [4.69, 9.17) is 5.73 Å². The van der Waals surface area contributed by atoms with Crippen LogP contribution in [-0.2, 0) is 4.79 Å². The molecule has 0 spiro atoms. The van der Waals surface area contributed by atoms with Gasteiger partial charge in [-0.15, -0.1) is 24.2 Å². The average Bonchev–Trinajstić information content (AvgIpc) is 2.46. The van der Waals surface area contributed by atoms with Gasteiger partial charge < -0.3 is 10.6 Å². The molecule has 2 N–H and O–H groups in total. The molecule has 1 amide bonds. The highest BCUT2D eigenvalue weighted by Gasteiger charge is 2.24. The van der Waals surface area contributed by atoms with Crippen LogP contribution in [0.2, 0.25) is 0 Å². The summed E-state index contributed by atoms with van der Waals surface area (Å²) >= 11 is 1.61. The summed E-state index contributed by atoms with van der Waals surface area (Å²) in [5.41, 5.74) is 5.92. The summed E-state index contributed by atoms with van der Waals surface area (Å²) < 4.78 is 0. The molecule has 1 heterocycles. The standard InChI is InChI=1S/C15H22N2OS.ClH/c1-12(16)13-7-9-17(10-8-13)15(18)11-19-14-5-3-2-4-6-14;/h2-6,12-13H,7-11,16H2,1H3;1H. The second-order valence-corrected chi connectivity index (χ2v) is 6.23. The largest absolute Gasteiger partial charge is 0.342 e. The Hall–Kier alpha value is -0.710. The number of halogens is 1. The summed E-state index contributed by atoms with van der Waals surface area (Å²) in [6, 6.07) is 10.3. The molecule has 3 nitrogen and oxygen atoms in total. The molecule has 0 radical (unpaired) electrons. The minimum atomic E-state index is 0. The monoisotopic (exact) mass is 314 g/mol. The van der Waals surface area contributed by atoms with Crippen molar-refractivity contribution in [2.75, 3.05) is 18.8 Å². The van der Waals surface area contributed by atoms with Crippen molar-refractivity contribution in [3.8, 4) is 0 Å². The van der Waals surface area contributed by atoms with Crippen molar-refractivity contribution in [2.45, 2.75) is 30.7 Å². The van der Waals surface area contributed by atoms with Crippen LogP contribution in [0.4, 0.5) is 0 Å². The van der Waals surface area contributed by atoms with Gasteiger partial charge in [0.1, 0.15) is 0 Å². The second kappa shape index (κ2) is 8.55. The lowest BCUT2D eigenvalue weighted by atomic mass is 9.91. The minimum Gasteiger partial charge on any atom is -0.342 e. The molecule has 112 valence electrons. The summed E-state index contributed by atoms with van der Waals surface area (Å²) in [6.45, 7) is 3.79. The quantitative estimate of drug-likeness (QED) is 0.869. The molecule has 0 aromatic heterocycles. The van der Waals surface area contributed by atoms with Crippen LogP contribution in [0.5, 0.6) is 0 Å². The predicted octanol–water partition coefficient (Wildman–Crippen LogP) is 2.79. The van der Waals surface area contributed by atoms with Crippen LogP contribution < -0.4 is 5.73 Å². The van der Waals surface area contributed by atoms with E-state index >= 15 is 0 Å². The van der Waals surface area contributed by atoms with E-state index in [2.05, 4.69) is 6.92 Å². The molecular weight excluding hydrogens is 292 g/mol. The predicted molar refractivity (Wildman–Crippen MR) is 87.4 cm³/mol. The molecule has 1 unspecified atom stereocenters. The van der Waals surface area contributed by atoms with Crippen LogP contribution in [0, 0.1) is 5.92 Å². The lowest BCUT2D eigenvalue weighted by Crippen LogP contribution is -2.43. The lowest BCUT2D eigenvalue weighted by molar-refractivity contribution is -0.129. The number of rotatable bonds is 4. The third kappa shape index (κ3) is 5.00. The Kier molecular flexibility index (Phi) is 7.41. The third-order valence-electron chi connectivity index (χ3n) is 3.74. The fraction of sp³-hybridized carbons (Fsp3) is 0.533. The first kappa shape index (κ1) is 17.3. The molecule has 1 aromatic carbocycles. The van der Waals surface area contributed by atoms with Gasteiger partial charge >= 0.3 is 0 Å². The Morgan fingerprint density at radius 1 is 1.35 bits per heavy atom. The van der Waals surface area contributed by atoms with Crippen LogP contribution in [0.15, 0.2) is 35.2 Å². The maximum absolute atomic E-state index is 12.1. The van der Waals surface area contributed by atoms with Crippen molar-refractivity contribution in [3.05, 3.63) is 30.3 Å². The number of carbonyl (C=O) groups is 1. The number of hydrogen-bond donors (Lipinski definition) is 1. The third-order valence-corrected chi connectivity index (χ3v) is 4.74. The van der Waals surface area contributed by atoms with Crippen LogP contribution >= 0.6 is 24.2 Å². The van der Waals surface area contributed by atoms with Gasteiger partial charge in [0, 0.05) is 24.0 Å². The second-order valence-electron chi connectivity index (χ2n) is 5.18. The van der Waals surface area contributed by atoms with E-state index in [-0.39, 0.29) is 24.4 Å². The minimum absolute atomic E-state index is 0. The number of piperidine rings is 1. The molecule has 0 saturated carbocycles. The highest BCUT2D eigenvalue weighted by atomic mass is 35.5. The van der Waals surface area contributed by atoms with E-state index in [0.717, 1.165) is 30.8 Å². The molecule has 1 aromatic rings. The van der Waals surface area contributed by atoms with Crippen LogP contribution in [-0.4, -0.2) is 35.7 Å². The van der Waals surface area contributed by atoms with Crippen molar-refractivity contribution in [1.29, 1.82) is 0 Å². The average molecular weight is 315 g/mol. The van der Waals surface area contributed by atoms with E-state index < -0.39 is 0 Å². The first-order valence-electron chi connectivity index (χ1n) is 6.88. The zero-order valence-electron chi connectivity index (χ0n) is 11.8. The fourth-order valence-corrected chi connectivity index (χ4v) is 3.25. The Morgan fingerprint density at radius 3 is 2.50 bits per heavy atom. The number of thioether (sulfide) groups is 1. The number of carbonyl (C=O) groups excluding carboxylic acids is 1. The Labute approximate surface area is 131 Å². The maximum atomic E-state index is 12.1. The molecule has 1 aliphatic heterocycles. The first-order valence-corrected chi connectivity index (χ1v) is 7.86. The zero-order valence-corrected chi connectivity index (χ0v) is 13.5. The van der Waals surface area contributed by atoms with E-state index in [0.29, 0.717) is 11.7 Å². The van der Waals surface area contributed by atoms with Gasteiger partial charge in [0.15, 0.2) is 0 Å². The molecule has 1 fully saturated rings. The van der Waals surface area contributed by atoms with Crippen molar-refractivity contribution in [2.24, 2.45) is 11.7 Å². The highest BCUT2D eigenvalue weighted by Crippen LogP contribution is 2.22. The molecule has 5 heteroatoms. The van der Waals surface area contributed by atoms with Gasteiger partial charge in [-0.25, -0.2) is 0 Å². The Balaban J connectivity index is 0.00000200. The van der Waals surface area contributed by atoms with E-state index in [1.165, 1.54) is 0 Å². The Morgan fingerprint density at radius 2 is 1.95 bits per heavy atom. The maximum Gasteiger partial charge on any atom is 0.232 e. The smallest absolute Gasteiger partial charge is 0.232 e. The lowest BCUT2D eigenvalue weighted by Gasteiger charge is -2.33. The molecule has 1 atom stereocenters. The first-order chi connectivity index (χ1) is 9.16. The number of amides is 1. The van der Waals surface area contributed by atoms with Gasteiger partial charge in [0.25, 0.3) is 0 Å². The fourth-order valence-electron chi connectivity index (χ4n) is 2.43. The molecule has 20 heavy (non-hydrogen) atoms. The number of likely N-dealkylation sites (tertiary alicyclic amines) is 1. The summed E-state index contributed by atoms with van der Waals surface area (Å²) in [4.78, 5) is 15.3. The molecular formula is C15H23ClN2OS. The number of benzene rings is 1. The highest BCUT2D eigenvalue weighted by molar-refractivity contribution is 8.00. The summed E-state index contributed by atoms with van der Waals surface area (Å²) in [5, 5.41) is 0. The van der Waals surface area contributed by atoms with Crippen molar-refractivity contribution in [3.63, 3.8) is 0 Å².